The van der Waals surface area contributed by atoms with Crippen LogP contribution in [0.15, 0.2) is 18.2 Å². The number of carbonyl (C=O) groups is 1. The van der Waals surface area contributed by atoms with Crippen molar-refractivity contribution in [3.63, 3.8) is 0 Å². The number of nitrogens with zero attached hydrogens (tertiary/aromatic N) is 1. The van der Waals surface area contributed by atoms with Crippen molar-refractivity contribution in [2.45, 2.75) is 6.42 Å². The second-order valence-corrected chi connectivity index (χ2v) is 3.21. The molecule has 1 aliphatic rings. The Morgan fingerprint density at radius 3 is 3.00 bits per heavy atom. The highest BCUT2D eigenvalue weighted by atomic mass is 35.5. The van der Waals surface area contributed by atoms with Crippen LogP contribution in [0, 0.1) is 7.05 Å². The van der Waals surface area contributed by atoms with Gasteiger partial charge in [0.2, 0.25) is 5.91 Å². The number of hydrogen-bond acceptors (Lipinski definition) is 1. The summed E-state index contributed by atoms with van der Waals surface area (Å²) in [5.41, 5.74) is 1.83. The van der Waals surface area contributed by atoms with Gasteiger partial charge in [0.25, 0.3) is 0 Å². The number of fused-ring (bicyclic) bond motifs is 1. The summed E-state index contributed by atoms with van der Waals surface area (Å²) in [7, 11) is 3.63. The number of rotatable bonds is 0. The number of amides is 1. The SMILES string of the molecule is [CH2]N1C(=O)Cc2cc(Cl)ccc21. The average Bonchev–Trinajstić information content (AvgIpc) is 2.28. The zero-order valence-corrected chi connectivity index (χ0v) is 7.14. The number of carbonyl (C=O) groups excluding carboxylic acids is 1. The summed E-state index contributed by atoms with van der Waals surface area (Å²) in [5, 5.41) is 0.664. The van der Waals surface area contributed by atoms with Gasteiger partial charge in [-0.15, -0.1) is 0 Å². The van der Waals surface area contributed by atoms with Gasteiger partial charge in [-0.2, -0.15) is 0 Å². The van der Waals surface area contributed by atoms with Crippen molar-refractivity contribution in [2.75, 3.05) is 4.90 Å². The molecular formula is C9H7ClNO. The fourth-order valence-electron chi connectivity index (χ4n) is 1.35. The molecule has 1 aromatic carbocycles. The molecule has 0 unspecified atom stereocenters. The summed E-state index contributed by atoms with van der Waals surface area (Å²) in [5.74, 6) is 0.0206. The van der Waals surface area contributed by atoms with Crippen molar-refractivity contribution in [3.8, 4) is 0 Å². The molecular weight excluding hydrogens is 174 g/mol. The van der Waals surface area contributed by atoms with Crippen LogP contribution in [0.5, 0.6) is 0 Å². The molecule has 0 atom stereocenters. The maximum Gasteiger partial charge on any atom is 0.231 e. The lowest BCUT2D eigenvalue weighted by Crippen LogP contribution is -2.17. The molecule has 0 aliphatic carbocycles. The summed E-state index contributed by atoms with van der Waals surface area (Å²) in [6.45, 7) is 0. The van der Waals surface area contributed by atoms with Crippen molar-refractivity contribution in [3.05, 3.63) is 35.8 Å². The van der Waals surface area contributed by atoms with Crippen molar-refractivity contribution in [1.82, 2.24) is 0 Å². The minimum Gasteiger partial charge on any atom is -0.310 e. The molecule has 2 rings (SSSR count). The predicted molar refractivity (Wildman–Crippen MR) is 48.0 cm³/mol. The van der Waals surface area contributed by atoms with Crippen LogP contribution in [0.2, 0.25) is 5.02 Å². The van der Waals surface area contributed by atoms with Gasteiger partial charge in [0.05, 0.1) is 6.42 Å². The molecule has 0 bridgehead atoms. The number of anilines is 1. The third kappa shape index (κ3) is 0.994. The molecule has 0 N–H and O–H groups in total. The quantitative estimate of drug-likeness (QED) is 0.598. The Labute approximate surface area is 75.7 Å². The van der Waals surface area contributed by atoms with E-state index in [1.54, 1.807) is 12.1 Å². The van der Waals surface area contributed by atoms with Crippen molar-refractivity contribution < 1.29 is 4.79 Å². The number of halogens is 1. The molecule has 0 aromatic heterocycles. The van der Waals surface area contributed by atoms with E-state index in [4.69, 9.17) is 11.6 Å². The highest BCUT2D eigenvalue weighted by molar-refractivity contribution is 6.30. The van der Waals surface area contributed by atoms with Crippen molar-refractivity contribution in [1.29, 1.82) is 0 Å². The second-order valence-electron chi connectivity index (χ2n) is 2.77. The van der Waals surface area contributed by atoms with Gasteiger partial charge in [0.1, 0.15) is 0 Å². The lowest BCUT2D eigenvalue weighted by atomic mass is 10.2. The fraction of sp³-hybridized carbons (Fsp3) is 0.111. The van der Waals surface area contributed by atoms with E-state index in [1.807, 2.05) is 6.07 Å². The molecule has 0 spiro atoms. The Balaban J connectivity index is 2.54. The van der Waals surface area contributed by atoms with Crippen LogP contribution in [0.1, 0.15) is 5.56 Å². The first kappa shape index (κ1) is 7.62. The monoisotopic (exact) mass is 180 g/mol. The topological polar surface area (TPSA) is 20.3 Å². The first-order chi connectivity index (χ1) is 5.68. The first-order valence-corrected chi connectivity index (χ1v) is 3.98. The third-order valence-electron chi connectivity index (χ3n) is 1.98. The van der Waals surface area contributed by atoms with E-state index in [2.05, 4.69) is 7.05 Å². The highest BCUT2D eigenvalue weighted by Crippen LogP contribution is 2.30. The number of hydrogen-bond donors (Lipinski definition) is 0. The Kier molecular flexibility index (Phi) is 1.58. The second kappa shape index (κ2) is 2.49. The molecule has 1 heterocycles. The minimum atomic E-state index is 0.0206. The maximum atomic E-state index is 11.2. The van der Waals surface area contributed by atoms with E-state index in [9.17, 15) is 4.79 Å². The predicted octanol–water partition coefficient (Wildman–Crippen LogP) is 2.02. The van der Waals surface area contributed by atoms with Gasteiger partial charge in [-0.3, -0.25) is 4.79 Å². The summed E-state index contributed by atoms with van der Waals surface area (Å²) in [6, 6.07) is 5.38. The molecule has 1 amide bonds. The van der Waals surface area contributed by atoms with Gasteiger partial charge in [-0.1, -0.05) is 11.6 Å². The van der Waals surface area contributed by atoms with E-state index in [0.717, 1.165) is 11.3 Å². The zero-order chi connectivity index (χ0) is 8.72. The fourth-order valence-corrected chi connectivity index (χ4v) is 1.55. The summed E-state index contributed by atoms with van der Waals surface area (Å²) < 4.78 is 0. The Bertz CT molecular complexity index is 348. The number of benzene rings is 1. The molecule has 61 valence electrons. The van der Waals surface area contributed by atoms with E-state index in [0.29, 0.717) is 11.4 Å². The van der Waals surface area contributed by atoms with Crippen molar-refractivity contribution >= 4 is 23.2 Å². The largest absolute Gasteiger partial charge is 0.310 e. The zero-order valence-electron chi connectivity index (χ0n) is 6.38. The normalized spacial score (nSPS) is 15.2. The van der Waals surface area contributed by atoms with Crippen LogP contribution in [-0.2, 0) is 11.2 Å². The summed E-state index contributed by atoms with van der Waals surface area (Å²) >= 11 is 5.77. The van der Waals surface area contributed by atoms with Crippen LogP contribution < -0.4 is 4.90 Å². The third-order valence-corrected chi connectivity index (χ3v) is 2.21. The van der Waals surface area contributed by atoms with Crippen LogP contribution in [0.4, 0.5) is 5.69 Å². The van der Waals surface area contributed by atoms with Gasteiger partial charge >= 0.3 is 0 Å². The molecule has 2 nitrogen and oxygen atoms in total. The smallest absolute Gasteiger partial charge is 0.231 e. The average molecular weight is 181 g/mol. The molecule has 0 saturated carbocycles. The first-order valence-electron chi connectivity index (χ1n) is 3.60. The Hall–Kier alpha value is -1.02. The summed E-state index contributed by atoms with van der Waals surface area (Å²) in [6.07, 6.45) is 0.416. The van der Waals surface area contributed by atoms with Crippen LogP contribution in [-0.4, -0.2) is 5.91 Å². The van der Waals surface area contributed by atoms with Gasteiger partial charge in [-0.25, -0.2) is 0 Å². The van der Waals surface area contributed by atoms with Crippen molar-refractivity contribution in [2.24, 2.45) is 0 Å². The van der Waals surface area contributed by atoms with E-state index in [1.165, 1.54) is 4.90 Å². The standard InChI is InChI=1S/C9H7ClNO/c1-11-8-3-2-7(10)4-6(8)5-9(11)12/h2-4H,1,5H2. The van der Waals surface area contributed by atoms with Gasteiger partial charge < -0.3 is 4.90 Å². The van der Waals surface area contributed by atoms with Crippen LogP contribution in [0.25, 0.3) is 0 Å². The Morgan fingerprint density at radius 2 is 2.25 bits per heavy atom. The molecule has 3 heteroatoms. The lowest BCUT2D eigenvalue weighted by Gasteiger charge is -2.08. The van der Waals surface area contributed by atoms with Gasteiger partial charge in [-0.05, 0) is 23.8 Å². The van der Waals surface area contributed by atoms with E-state index in [-0.39, 0.29) is 5.91 Å². The molecule has 0 fully saturated rings. The van der Waals surface area contributed by atoms with E-state index >= 15 is 0 Å². The molecule has 12 heavy (non-hydrogen) atoms. The van der Waals surface area contributed by atoms with Gasteiger partial charge in [0, 0.05) is 17.8 Å². The highest BCUT2D eigenvalue weighted by Gasteiger charge is 2.23. The van der Waals surface area contributed by atoms with Gasteiger partial charge in [0.15, 0.2) is 0 Å². The summed E-state index contributed by atoms with van der Waals surface area (Å²) in [4.78, 5) is 12.6. The van der Waals surface area contributed by atoms with Crippen LogP contribution >= 0.6 is 11.6 Å². The molecule has 1 aromatic rings. The molecule has 1 aliphatic heterocycles. The van der Waals surface area contributed by atoms with Crippen LogP contribution in [0.3, 0.4) is 0 Å². The maximum absolute atomic E-state index is 11.2. The van der Waals surface area contributed by atoms with E-state index < -0.39 is 0 Å². The Morgan fingerprint density at radius 1 is 1.50 bits per heavy atom. The minimum absolute atomic E-state index is 0.0206. The lowest BCUT2D eigenvalue weighted by molar-refractivity contribution is -0.116. The molecule has 0 saturated heterocycles. The molecule has 1 radical (unpaired) electrons.